The van der Waals surface area contributed by atoms with Crippen LogP contribution in [0.4, 0.5) is 0 Å². The summed E-state index contributed by atoms with van der Waals surface area (Å²) in [4.78, 5) is 37.9. The Balaban J connectivity index is 4.23. The zero-order valence-corrected chi connectivity index (χ0v) is 39.3. The van der Waals surface area contributed by atoms with E-state index in [2.05, 4.69) is 20.8 Å². The normalized spacial score (nSPS) is 11.8. The van der Waals surface area contributed by atoms with Crippen LogP contribution in [0.1, 0.15) is 297 Å². The summed E-state index contributed by atoms with van der Waals surface area (Å²) < 4.78 is 16.8. The van der Waals surface area contributed by atoms with Crippen molar-refractivity contribution in [3.05, 3.63) is 0 Å². The molecule has 0 aromatic rings. The average molecular weight is 821 g/mol. The van der Waals surface area contributed by atoms with Crippen molar-refractivity contribution in [2.24, 2.45) is 0 Å². The summed E-state index contributed by atoms with van der Waals surface area (Å²) in [5, 5.41) is 0. The van der Waals surface area contributed by atoms with Crippen LogP contribution in [-0.2, 0) is 28.6 Å². The first kappa shape index (κ1) is 56.4. The van der Waals surface area contributed by atoms with E-state index in [4.69, 9.17) is 14.2 Å². The fourth-order valence-corrected chi connectivity index (χ4v) is 7.92. The molecule has 58 heavy (non-hydrogen) atoms. The van der Waals surface area contributed by atoms with Gasteiger partial charge in [-0.2, -0.15) is 0 Å². The Labute approximate surface area is 361 Å². The summed E-state index contributed by atoms with van der Waals surface area (Å²) >= 11 is 0. The van der Waals surface area contributed by atoms with Gasteiger partial charge in [-0.05, 0) is 19.3 Å². The number of esters is 3. The van der Waals surface area contributed by atoms with Crippen molar-refractivity contribution in [3.63, 3.8) is 0 Å². The Kier molecular flexibility index (Phi) is 46.8. The van der Waals surface area contributed by atoms with Crippen LogP contribution < -0.4 is 0 Å². The first-order chi connectivity index (χ1) is 28.5. The van der Waals surface area contributed by atoms with Gasteiger partial charge >= 0.3 is 17.9 Å². The second-order valence-corrected chi connectivity index (χ2v) is 17.8. The van der Waals surface area contributed by atoms with Gasteiger partial charge in [0, 0.05) is 19.3 Å². The summed E-state index contributed by atoms with van der Waals surface area (Å²) in [6.45, 7) is 6.67. The van der Waals surface area contributed by atoms with Crippen LogP contribution in [0.3, 0.4) is 0 Å². The van der Waals surface area contributed by atoms with Gasteiger partial charge in [-0.3, -0.25) is 14.4 Å². The maximum absolute atomic E-state index is 12.7. The van der Waals surface area contributed by atoms with Gasteiger partial charge in [0.05, 0.1) is 0 Å². The van der Waals surface area contributed by atoms with Crippen LogP contribution in [0.5, 0.6) is 0 Å². The van der Waals surface area contributed by atoms with E-state index in [-0.39, 0.29) is 31.1 Å². The van der Waals surface area contributed by atoms with E-state index in [0.29, 0.717) is 19.3 Å². The molecule has 0 bridgehead atoms. The molecule has 0 aliphatic heterocycles. The molecular weight excluding hydrogens is 721 g/mol. The quantitative estimate of drug-likeness (QED) is 0.0346. The second kappa shape index (κ2) is 48.1. The average Bonchev–Trinajstić information content (AvgIpc) is 3.22. The Morgan fingerprint density at radius 1 is 0.276 bits per heavy atom. The zero-order chi connectivity index (χ0) is 42.3. The molecule has 344 valence electrons. The van der Waals surface area contributed by atoms with E-state index in [1.165, 1.54) is 199 Å². The molecule has 0 spiro atoms. The fourth-order valence-electron chi connectivity index (χ4n) is 7.92. The largest absolute Gasteiger partial charge is 0.462 e. The molecule has 0 radical (unpaired) electrons. The standard InChI is InChI=1S/C52H100O6/c1-4-7-10-13-16-19-21-23-25-27-29-31-34-36-39-42-45-51(54)57-48-49(58-52(55)46-43-40-37-32-18-15-12-9-6-3)47-56-50(53)44-41-38-35-33-30-28-26-24-22-20-17-14-11-8-5-2/h49H,4-48H2,1-3H3/t49-/m1/s1. The highest BCUT2D eigenvalue weighted by atomic mass is 16.6. The van der Waals surface area contributed by atoms with Crippen molar-refractivity contribution >= 4 is 17.9 Å². The monoisotopic (exact) mass is 821 g/mol. The topological polar surface area (TPSA) is 78.9 Å². The third-order valence-corrected chi connectivity index (χ3v) is 11.9. The highest BCUT2D eigenvalue weighted by Gasteiger charge is 2.19. The minimum atomic E-state index is -0.759. The van der Waals surface area contributed by atoms with Gasteiger partial charge in [0.15, 0.2) is 6.10 Å². The SMILES string of the molecule is CCCCCCCCCCCCCCCCCCC(=O)OC[C@@H](COC(=O)CCCCCCCCCCCCCCCCC)OC(=O)CCCCCCCCCCC. The van der Waals surface area contributed by atoms with Crippen LogP contribution in [0.25, 0.3) is 0 Å². The molecule has 0 N–H and O–H groups in total. The minimum Gasteiger partial charge on any atom is -0.462 e. The van der Waals surface area contributed by atoms with E-state index in [9.17, 15) is 14.4 Å². The maximum atomic E-state index is 12.7. The lowest BCUT2D eigenvalue weighted by molar-refractivity contribution is -0.167. The molecule has 0 saturated carbocycles. The summed E-state index contributed by atoms with van der Waals surface area (Å²) in [6.07, 6.45) is 50.9. The Bertz CT molecular complexity index is 859. The van der Waals surface area contributed by atoms with Crippen molar-refractivity contribution in [2.45, 2.75) is 303 Å². The van der Waals surface area contributed by atoms with Crippen LogP contribution in [0.15, 0.2) is 0 Å². The summed E-state index contributed by atoms with van der Waals surface area (Å²) in [6, 6.07) is 0. The summed E-state index contributed by atoms with van der Waals surface area (Å²) in [5.41, 5.74) is 0. The predicted octanol–water partition coefficient (Wildman–Crippen LogP) is 16.8. The van der Waals surface area contributed by atoms with Gasteiger partial charge < -0.3 is 14.2 Å². The molecule has 0 unspecified atom stereocenters. The Morgan fingerprint density at radius 3 is 0.690 bits per heavy atom. The number of hydrogen-bond acceptors (Lipinski definition) is 6. The van der Waals surface area contributed by atoms with E-state index in [1.54, 1.807) is 0 Å². The number of hydrogen-bond donors (Lipinski definition) is 0. The molecule has 0 amide bonds. The molecule has 0 aliphatic carbocycles. The third-order valence-electron chi connectivity index (χ3n) is 11.9. The van der Waals surface area contributed by atoms with E-state index >= 15 is 0 Å². The molecule has 0 rings (SSSR count). The fraction of sp³-hybridized carbons (Fsp3) is 0.942. The van der Waals surface area contributed by atoms with Crippen LogP contribution >= 0.6 is 0 Å². The van der Waals surface area contributed by atoms with Gasteiger partial charge in [-0.1, -0.05) is 258 Å². The van der Waals surface area contributed by atoms with E-state index < -0.39 is 6.10 Å². The molecule has 1 atom stereocenters. The molecule has 0 saturated heterocycles. The molecule has 0 aliphatic rings. The minimum absolute atomic E-state index is 0.0621. The number of ether oxygens (including phenoxy) is 3. The number of carbonyl (C=O) groups is 3. The van der Waals surface area contributed by atoms with E-state index in [1.807, 2.05) is 0 Å². The smallest absolute Gasteiger partial charge is 0.306 e. The lowest BCUT2D eigenvalue weighted by Crippen LogP contribution is -2.30. The van der Waals surface area contributed by atoms with Gasteiger partial charge in [0.1, 0.15) is 13.2 Å². The molecule has 6 nitrogen and oxygen atoms in total. The van der Waals surface area contributed by atoms with Crippen molar-refractivity contribution in [2.75, 3.05) is 13.2 Å². The van der Waals surface area contributed by atoms with Gasteiger partial charge in [0.2, 0.25) is 0 Å². The van der Waals surface area contributed by atoms with Gasteiger partial charge in [-0.25, -0.2) is 0 Å². The third kappa shape index (κ3) is 45.5. The van der Waals surface area contributed by atoms with E-state index in [0.717, 1.165) is 57.8 Å². The van der Waals surface area contributed by atoms with Crippen molar-refractivity contribution in [1.82, 2.24) is 0 Å². The van der Waals surface area contributed by atoms with Crippen molar-refractivity contribution < 1.29 is 28.6 Å². The van der Waals surface area contributed by atoms with Crippen molar-refractivity contribution in [1.29, 1.82) is 0 Å². The lowest BCUT2D eigenvalue weighted by Gasteiger charge is -2.18. The summed E-state index contributed by atoms with van der Waals surface area (Å²) in [5.74, 6) is -0.844. The van der Waals surface area contributed by atoms with Crippen LogP contribution in [-0.4, -0.2) is 37.2 Å². The lowest BCUT2D eigenvalue weighted by atomic mass is 10.0. The van der Waals surface area contributed by atoms with Crippen LogP contribution in [0.2, 0.25) is 0 Å². The van der Waals surface area contributed by atoms with Crippen LogP contribution in [0, 0.1) is 0 Å². The zero-order valence-electron chi connectivity index (χ0n) is 39.3. The molecular formula is C52H100O6. The van der Waals surface area contributed by atoms with Gasteiger partial charge in [0.25, 0.3) is 0 Å². The first-order valence-corrected chi connectivity index (χ1v) is 26.0. The molecule has 0 aromatic heterocycles. The Morgan fingerprint density at radius 2 is 0.466 bits per heavy atom. The van der Waals surface area contributed by atoms with Gasteiger partial charge in [-0.15, -0.1) is 0 Å². The molecule has 0 fully saturated rings. The second-order valence-electron chi connectivity index (χ2n) is 17.8. The molecule has 6 heteroatoms. The summed E-state index contributed by atoms with van der Waals surface area (Å²) in [7, 11) is 0. The number of carbonyl (C=O) groups excluding carboxylic acids is 3. The predicted molar refractivity (Wildman–Crippen MR) is 247 cm³/mol. The highest BCUT2D eigenvalue weighted by Crippen LogP contribution is 2.17. The number of rotatable bonds is 48. The molecule has 0 aromatic carbocycles. The van der Waals surface area contributed by atoms with Crippen molar-refractivity contribution in [3.8, 4) is 0 Å². The maximum Gasteiger partial charge on any atom is 0.306 e. The first-order valence-electron chi connectivity index (χ1n) is 26.0. The molecule has 0 heterocycles. The highest BCUT2D eigenvalue weighted by molar-refractivity contribution is 5.71. The number of unbranched alkanes of at least 4 members (excludes halogenated alkanes) is 37. The Hall–Kier alpha value is -1.59.